The Morgan fingerprint density at radius 3 is 1.45 bits per heavy atom. The number of nitrogens with one attached hydrogen (secondary N) is 1. The SMILES string of the molecule is CC(C)N1C=CN(C(C)C)N1. The van der Waals surface area contributed by atoms with Gasteiger partial charge in [0.05, 0.1) is 0 Å². The van der Waals surface area contributed by atoms with Crippen molar-refractivity contribution in [3.8, 4) is 0 Å². The molecule has 0 saturated heterocycles. The van der Waals surface area contributed by atoms with E-state index in [4.69, 9.17) is 0 Å². The van der Waals surface area contributed by atoms with Gasteiger partial charge in [0.25, 0.3) is 0 Å². The standard InChI is InChI=1S/C8H17N3/c1-7(2)10-5-6-11(9-10)8(3)4/h5-9H,1-4H3. The average molecular weight is 155 g/mol. The minimum atomic E-state index is 0.509. The van der Waals surface area contributed by atoms with Gasteiger partial charge in [0.2, 0.25) is 0 Å². The van der Waals surface area contributed by atoms with Gasteiger partial charge in [0.15, 0.2) is 0 Å². The first-order valence-electron chi connectivity index (χ1n) is 4.12. The van der Waals surface area contributed by atoms with Crippen molar-refractivity contribution in [2.75, 3.05) is 0 Å². The van der Waals surface area contributed by atoms with Gasteiger partial charge in [0, 0.05) is 24.5 Å². The Balaban J connectivity index is 2.43. The van der Waals surface area contributed by atoms with Crippen molar-refractivity contribution in [2.24, 2.45) is 0 Å². The highest BCUT2D eigenvalue weighted by Crippen LogP contribution is 2.07. The normalized spacial score (nSPS) is 17.6. The van der Waals surface area contributed by atoms with Gasteiger partial charge in [-0.2, -0.15) is 0 Å². The van der Waals surface area contributed by atoms with Crippen LogP contribution in [0.3, 0.4) is 0 Å². The lowest BCUT2D eigenvalue weighted by molar-refractivity contribution is 0.0884. The van der Waals surface area contributed by atoms with E-state index in [1.165, 1.54) is 0 Å². The molecule has 0 atom stereocenters. The molecule has 3 heteroatoms. The fourth-order valence-electron chi connectivity index (χ4n) is 0.919. The largest absolute Gasteiger partial charge is 0.294 e. The molecule has 0 spiro atoms. The van der Waals surface area contributed by atoms with Crippen LogP contribution in [-0.2, 0) is 0 Å². The maximum atomic E-state index is 3.25. The molecule has 0 aromatic heterocycles. The molecule has 0 bridgehead atoms. The van der Waals surface area contributed by atoms with E-state index in [-0.39, 0.29) is 0 Å². The molecule has 1 heterocycles. The van der Waals surface area contributed by atoms with Gasteiger partial charge in [-0.15, -0.1) is 5.53 Å². The van der Waals surface area contributed by atoms with E-state index in [1.807, 2.05) is 0 Å². The molecule has 0 amide bonds. The summed E-state index contributed by atoms with van der Waals surface area (Å²) in [6.07, 6.45) is 4.12. The molecule has 1 N–H and O–H groups in total. The van der Waals surface area contributed by atoms with Gasteiger partial charge in [-0.25, -0.2) is 0 Å². The Hall–Kier alpha value is -0.700. The van der Waals surface area contributed by atoms with Gasteiger partial charge in [-0.1, -0.05) is 0 Å². The van der Waals surface area contributed by atoms with E-state index in [0.29, 0.717) is 12.1 Å². The summed E-state index contributed by atoms with van der Waals surface area (Å²) in [6.45, 7) is 8.62. The minimum Gasteiger partial charge on any atom is -0.294 e. The van der Waals surface area contributed by atoms with Crippen LogP contribution in [0.2, 0.25) is 0 Å². The summed E-state index contributed by atoms with van der Waals surface area (Å²) in [5.41, 5.74) is 3.25. The summed E-state index contributed by atoms with van der Waals surface area (Å²) in [5, 5.41) is 4.17. The zero-order chi connectivity index (χ0) is 8.43. The van der Waals surface area contributed by atoms with Crippen LogP contribution in [0.15, 0.2) is 12.4 Å². The molecular weight excluding hydrogens is 138 g/mol. The lowest BCUT2D eigenvalue weighted by Crippen LogP contribution is -2.45. The molecule has 0 aromatic carbocycles. The highest BCUT2D eigenvalue weighted by Gasteiger charge is 2.15. The first-order valence-corrected chi connectivity index (χ1v) is 4.12. The molecule has 0 aromatic rings. The molecule has 0 saturated carbocycles. The average Bonchev–Trinajstić information content (AvgIpc) is 2.33. The lowest BCUT2D eigenvalue weighted by atomic mass is 10.4. The Labute approximate surface area is 68.6 Å². The van der Waals surface area contributed by atoms with Crippen molar-refractivity contribution in [3.63, 3.8) is 0 Å². The second-order valence-electron chi connectivity index (χ2n) is 3.40. The van der Waals surface area contributed by atoms with Crippen molar-refractivity contribution in [3.05, 3.63) is 12.4 Å². The molecule has 0 aliphatic carbocycles. The van der Waals surface area contributed by atoms with Gasteiger partial charge in [-0.05, 0) is 27.7 Å². The van der Waals surface area contributed by atoms with E-state index >= 15 is 0 Å². The molecule has 1 aliphatic rings. The van der Waals surface area contributed by atoms with E-state index in [9.17, 15) is 0 Å². The van der Waals surface area contributed by atoms with Crippen LogP contribution >= 0.6 is 0 Å². The van der Waals surface area contributed by atoms with Crippen LogP contribution < -0.4 is 5.53 Å². The molecule has 1 aliphatic heterocycles. The predicted octanol–water partition coefficient (Wildman–Crippen LogP) is 1.31. The lowest BCUT2D eigenvalue weighted by Gasteiger charge is -2.27. The Morgan fingerprint density at radius 1 is 0.909 bits per heavy atom. The molecule has 64 valence electrons. The number of hydrazine groups is 2. The zero-order valence-corrected chi connectivity index (χ0v) is 7.70. The third kappa shape index (κ3) is 1.87. The Kier molecular flexibility index (Phi) is 2.39. The van der Waals surface area contributed by atoms with Crippen LogP contribution in [0.5, 0.6) is 0 Å². The van der Waals surface area contributed by atoms with Crippen molar-refractivity contribution in [1.82, 2.24) is 15.6 Å². The van der Waals surface area contributed by atoms with Crippen molar-refractivity contribution in [1.29, 1.82) is 0 Å². The second-order valence-corrected chi connectivity index (χ2v) is 3.40. The van der Waals surface area contributed by atoms with Gasteiger partial charge >= 0.3 is 0 Å². The summed E-state index contributed by atoms with van der Waals surface area (Å²) in [7, 11) is 0. The number of hydrogen-bond acceptors (Lipinski definition) is 3. The van der Waals surface area contributed by atoms with E-state index in [2.05, 4.69) is 55.6 Å². The van der Waals surface area contributed by atoms with Crippen molar-refractivity contribution < 1.29 is 0 Å². The van der Waals surface area contributed by atoms with Crippen LogP contribution in [-0.4, -0.2) is 22.1 Å². The highest BCUT2D eigenvalue weighted by atomic mass is 15.8. The smallest absolute Gasteiger partial charge is 0.0410 e. The molecule has 0 fully saturated rings. The fraction of sp³-hybridized carbons (Fsp3) is 0.750. The summed E-state index contributed by atoms with van der Waals surface area (Å²) in [5.74, 6) is 0. The first-order chi connectivity index (χ1) is 5.11. The monoisotopic (exact) mass is 155 g/mol. The minimum absolute atomic E-state index is 0.509. The van der Waals surface area contributed by atoms with Gasteiger partial charge in [-0.3, -0.25) is 10.0 Å². The fourth-order valence-corrected chi connectivity index (χ4v) is 0.919. The molecule has 0 unspecified atom stereocenters. The third-order valence-electron chi connectivity index (χ3n) is 1.73. The van der Waals surface area contributed by atoms with Crippen LogP contribution in [0.1, 0.15) is 27.7 Å². The van der Waals surface area contributed by atoms with E-state index in [1.54, 1.807) is 0 Å². The maximum Gasteiger partial charge on any atom is 0.0410 e. The summed E-state index contributed by atoms with van der Waals surface area (Å²) in [6, 6.07) is 1.02. The number of hydrogen-bond donors (Lipinski definition) is 1. The molecule has 3 nitrogen and oxygen atoms in total. The van der Waals surface area contributed by atoms with Crippen LogP contribution in [0, 0.1) is 0 Å². The third-order valence-corrected chi connectivity index (χ3v) is 1.73. The first kappa shape index (κ1) is 8.40. The Morgan fingerprint density at radius 2 is 1.27 bits per heavy atom. The van der Waals surface area contributed by atoms with Gasteiger partial charge < -0.3 is 0 Å². The van der Waals surface area contributed by atoms with Crippen molar-refractivity contribution in [2.45, 2.75) is 39.8 Å². The quantitative estimate of drug-likeness (QED) is 0.648. The molecular formula is C8H17N3. The number of rotatable bonds is 2. The van der Waals surface area contributed by atoms with Crippen molar-refractivity contribution >= 4 is 0 Å². The second kappa shape index (κ2) is 3.13. The van der Waals surface area contributed by atoms with Gasteiger partial charge in [0.1, 0.15) is 0 Å². The molecule has 11 heavy (non-hydrogen) atoms. The van der Waals surface area contributed by atoms with E-state index < -0.39 is 0 Å². The Bertz CT molecular complexity index is 135. The van der Waals surface area contributed by atoms with Crippen LogP contribution in [0.4, 0.5) is 0 Å². The highest BCUT2D eigenvalue weighted by molar-refractivity contribution is 4.88. The van der Waals surface area contributed by atoms with Crippen LogP contribution in [0.25, 0.3) is 0 Å². The molecule has 0 radical (unpaired) electrons. The van der Waals surface area contributed by atoms with E-state index in [0.717, 1.165) is 0 Å². The predicted molar refractivity (Wildman–Crippen MR) is 46.2 cm³/mol. The maximum absolute atomic E-state index is 3.25. The molecule has 1 rings (SSSR count). The summed E-state index contributed by atoms with van der Waals surface area (Å²) in [4.78, 5) is 0. The summed E-state index contributed by atoms with van der Waals surface area (Å²) >= 11 is 0. The summed E-state index contributed by atoms with van der Waals surface area (Å²) < 4.78 is 0. The zero-order valence-electron chi connectivity index (χ0n) is 7.70. The number of nitrogens with zero attached hydrogens (tertiary/aromatic N) is 2. The topological polar surface area (TPSA) is 18.5 Å².